The van der Waals surface area contributed by atoms with Crippen LogP contribution in [0.25, 0.3) is 0 Å². The lowest BCUT2D eigenvalue weighted by Gasteiger charge is -2.08. The first kappa shape index (κ1) is 12.3. The Labute approximate surface area is 101 Å². The molecule has 0 aliphatic heterocycles. The summed E-state index contributed by atoms with van der Waals surface area (Å²) >= 11 is 16.7. The van der Waals surface area contributed by atoms with Crippen molar-refractivity contribution in [2.45, 2.75) is 6.92 Å². The van der Waals surface area contributed by atoms with Crippen molar-refractivity contribution >= 4 is 46.0 Å². The van der Waals surface area contributed by atoms with Crippen LogP contribution in [0.1, 0.15) is 17.3 Å². The Morgan fingerprint density at radius 3 is 2.33 bits per heavy atom. The van der Waals surface area contributed by atoms with Crippen LogP contribution in [0.15, 0.2) is 12.1 Å². The molecule has 0 aromatic heterocycles. The average molecular weight is 267 g/mol. The fraction of sp³-hybridized carbons (Fsp3) is 0.111. The summed E-state index contributed by atoms with van der Waals surface area (Å²) in [5, 5.41) is -0.503. The third-order valence-electron chi connectivity index (χ3n) is 1.47. The molecule has 1 rings (SSSR count). The summed E-state index contributed by atoms with van der Waals surface area (Å²) < 4.78 is 4.76. The quantitative estimate of drug-likeness (QED) is 0.469. The van der Waals surface area contributed by atoms with E-state index < -0.39 is 11.2 Å². The monoisotopic (exact) mass is 266 g/mol. The Morgan fingerprint density at radius 1 is 1.27 bits per heavy atom. The van der Waals surface area contributed by atoms with Gasteiger partial charge < -0.3 is 4.74 Å². The van der Waals surface area contributed by atoms with Gasteiger partial charge in [0, 0.05) is 11.9 Å². The molecule has 1 aromatic carbocycles. The maximum absolute atomic E-state index is 11.0. The molecule has 0 N–H and O–H groups in total. The Bertz CT molecular complexity index is 429. The second kappa shape index (κ2) is 4.84. The largest absolute Gasteiger partial charge is 0.424 e. The van der Waals surface area contributed by atoms with Gasteiger partial charge in [-0.15, -0.1) is 0 Å². The predicted molar refractivity (Wildman–Crippen MR) is 58.0 cm³/mol. The molecule has 0 saturated carbocycles. The van der Waals surface area contributed by atoms with Crippen LogP contribution in [0.5, 0.6) is 5.75 Å². The van der Waals surface area contributed by atoms with E-state index in [1.54, 1.807) is 0 Å². The lowest BCUT2D eigenvalue weighted by atomic mass is 10.2. The first-order chi connectivity index (χ1) is 6.91. The lowest BCUT2D eigenvalue weighted by Crippen LogP contribution is -2.06. The molecule has 3 nitrogen and oxygen atoms in total. The number of halogens is 3. The molecule has 0 unspecified atom stereocenters. The molecule has 0 aliphatic carbocycles. The van der Waals surface area contributed by atoms with Crippen LogP contribution in [0.4, 0.5) is 0 Å². The van der Waals surface area contributed by atoms with Crippen LogP contribution in [0, 0.1) is 0 Å². The van der Waals surface area contributed by atoms with Crippen molar-refractivity contribution in [3.05, 3.63) is 27.7 Å². The number of carbonyl (C=O) groups is 2. The molecule has 0 atom stereocenters. The third kappa shape index (κ3) is 3.09. The van der Waals surface area contributed by atoms with Gasteiger partial charge in [0.15, 0.2) is 5.75 Å². The summed E-state index contributed by atoms with van der Waals surface area (Å²) in [6.07, 6.45) is 0. The Balaban J connectivity index is 3.33. The van der Waals surface area contributed by atoms with Gasteiger partial charge in [-0.2, -0.15) is 0 Å². The molecule has 0 amide bonds. The van der Waals surface area contributed by atoms with Gasteiger partial charge in [0.1, 0.15) is 0 Å². The van der Waals surface area contributed by atoms with Crippen molar-refractivity contribution in [3.63, 3.8) is 0 Å². The fourth-order valence-electron chi connectivity index (χ4n) is 0.954. The van der Waals surface area contributed by atoms with Crippen molar-refractivity contribution in [1.29, 1.82) is 0 Å². The number of hydrogen-bond acceptors (Lipinski definition) is 3. The maximum atomic E-state index is 11.0. The summed E-state index contributed by atoms with van der Waals surface area (Å²) in [4.78, 5) is 21.8. The summed E-state index contributed by atoms with van der Waals surface area (Å²) in [7, 11) is 0. The van der Waals surface area contributed by atoms with E-state index >= 15 is 0 Å². The molecular weight excluding hydrogens is 262 g/mol. The van der Waals surface area contributed by atoms with Crippen LogP contribution in [-0.2, 0) is 4.79 Å². The van der Waals surface area contributed by atoms with Gasteiger partial charge in [-0.25, -0.2) is 0 Å². The lowest BCUT2D eigenvalue weighted by molar-refractivity contribution is -0.131. The predicted octanol–water partition coefficient (Wildman–Crippen LogP) is 3.30. The first-order valence-corrected chi connectivity index (χ1v) is 4.92. The third-order valence-corrected chi connectivity index (χ3v) is 2.17. The van der Waals surface area contributed by atoms with Crippen LogP contribution < -0.4 is 4.74 Å². The first-order valence-electron chi connectivity index (χ1n) is 3.79. The summed E-state index contributed by atoms with van der Waals surface area (Å²) in [6.45, 7) is 1.19. The molecule has 15 heavy (non-hydrogen) atoms. The molecule has 80 valence electrons. The zero-order chi connectivity index (χ0) is 11.6. The van der Waals surface area contributed by atoms with E-state index in [1.165, 1.54) is 19.1 Å². The molecule has 0 heterocycles. The van der Waals surface area contributed by atoms with Crippen LogP contribution in [0.2, 0.25) is 10.0 Å². The van der Waals surface area contributed by atoms with Crippen molar-refractivity contribution in [1.82, 2.24) is 0 Å². The van der Waals surface area contributed by atoms with Gasteiger partial charge in [0.05, 0.1) is 10.6 Å². The standard InChI is InChI=1S/C9H5Cl3O3/c1-4(13)15-8-6(9(12)14)2-5(10)3-7(8)11/h2-3H,1H3. The summed E-state index contributed by atoms with van der Waals surface area (Å²) in [5.41, 5.74) is -0.0376. The SMILES string of the molecule is CC(=O)Oc1c(Cl)cc(Cl)cc1C(=O)Cl. The highest BCUT2D eigenvalue weighted by Crippen LogP contribution is 2.33. The highest BCUT2D eigenvalue weighted by atomic mass is 35.5. The van der Waals surface area contributed by atoms with Gasteiger partial charge in [0.2, 0.25) is 0 Å². The van der Waals surface area contributed by atoms with E-state index in [1.807, 2.05) is 0 Å². The number of hydrogen-bond donors (Lipinski definition) is 0. The van der Waals surface area contributed by atoms with Crippen LogP contribution in [-0.4, -0.2) is 11.2 Å². The summed E-state index contributed by atoms with van der Waals surface area (Å²) in [5.74, 6) is -0.674. The highest BCUT2D eigenvalue weighted by molar-refractivity contribution is 6.68. The zero-order valence-corrected chi connectivity index (χ0v) is 9.78. The molecule has 0 fully saturated rings. The number of rotatable bonds is 2. The van der Waals surface area contributed by atoms with Gasteiger partial charge in [-0.3, -0.25) is 9.59 Å². The molecule has 0 saturated heterocycles. The van der Waals surface area contributed by atoms with Crippen LogP contribution in [0.3, 0.4) is 0 Å². The van der Waals surface area contributed by atoms with Crippen molar-refractivity contribution < 1.29 is 14.3 Å². The normalized spacial score (nSPS) is 9.87. The maximum Gasteiger partial charge on any atom is 0.308 e. The van der Waals surface area contributed by atoms with Crippen molar-refractivity contribution in [2.75, 3.05) is 0 Å². The summed E-state index contributed by atoms with van der Waals surface area (Å²) in [6, 6.07) is 2.63. The van der Waals surface area contributed by atoms with E-state index in [0.717, 1.165) is 0 Å². The molecule has 1 aromatic rings. The molecule has 0 bridgehead atoms. The minimum atomic E-state index is -0.796. The number of ether oxygens (including phenoxy) is 1. The molecular formula is C9H5Cl3O3. The van der Waals surface area contributed by atoms with E-state index in [2.05, 4.69) is 0 Å². The van der Waals surface area contributed by atoms with E-state index in [9.17, 15) is 9.59 Å². The van der Waals surface area contributed by atoms with Gasteiger partial charge >= 0.3 is 5.97 Å². The minimum Gasteiger partial charge on any atom is -0.424 e. The second-order valence-electron chi connectivity index (χ2n) is 2.63. The van der Waals surface area contributed by atoms with E-state index in [0.29, 0.717) is 0 Å². The van der Waals surface area contributed by atoms with E-state index in [4.69, 9.17) is 39.5 Å². The fourth-order valence-corrected chi connectivity index (χ4v) is 1.63. The van der Waals surface area contributed by atoms with Crippen molar-refractivity contribution in [2.24, 2.45) is 0 Å². The number of esters is 1. The van der Waals surface area contributed by atoms with Crippen LogP contribution >= 0.6 is 34.8 Å². The van der Waals surface area contributed by atoms with E-state index in [-0.39, 0.29) is 21.4 Å². The van der Waals surface area contributed by atoms with Gasteiger partial charge in [-0.05, 0) is 23.7 Å². The Hall–Kier alpha value is -0.770. The average Bonchev–Trinajstić information content (AvgIpc) is 2.08. The Kier molecular flexibility index (Phi) is 3.97. The van der Waals surface area contributed by atoms with Gasteiger partial charge in [-0.1, -0.05) is 23.2 Å². The zero-order valence-electron chi connectivity index (χ0n) is 7.51. The number of carbonyl (C=O) groups excluding carboxylic acids is 2. The molecule has 0 radical (unpaired) electrons. The smallest absolute Gasteiger partial charge is 0.308 e. The second-order valence-corrected chi connectivity index (χ2v) is 3.82. The highest BCUT2D eigenvalue weighted by Gasteiger charge is 2.17. The topological polar surface area (TPSA) is 43.4 Å². The minimum absolute atomic E-state index is 0.0376. The van der Waals surface area contributed by atoms with Crippen molar-refractivity contribution in [3.8, 4) is 5.75 Å². The van der Waals surface area contributed by atoms with Gasteiger partial charge in [0.25, 0.3) is 5.24 Å². The molecule has 6 heteroatoms. The Morgan fingerprint density at radius 2 is 1.87 bits per heavy atom. The molecule has 0 aliphatic rings. The number of benzene rings is 1. The molecule has 0 spiro atoms.